The maximum absolute atomic E-state index is 5.32. The lowest BCUT2D eigenvalue weighted by molar-refractivity contribution is 0.113. The molecule has 2 saturated carbocycles. The second-order valence-electron chi connectivity index (χ2n) is 7.59. The standard InChI is InChI=1S/C20H31N3O/c1-24-19-11-9-18(10-12-19)23(17-7-8-17)20-15-22(14-13-21-20)16-5-3-2-4-6-16/h9-12,16-17,20-21H,2-8,13-15H2,1H3. The fraction of sp³-hybridized carbons (Fsp3) is 0.700. The summed E-state index contributed by atoms with van der Waals surface area (Å²) < 4.78 is 5.32. The highest BCUT2D eigenvalue weighted by Crippen LogP contribution is 2.35. The van der Waals surface area contributed by atoms with E-state index in [-0.39, 0.29) is 0 Å². The van der Waals surface area contributed by atoms with Crippen molar-refractivity contribution in [3.05, 3.63) is 24.3 Å². The van der Waals surface area contributed by atoms with Gasteiger partial charge in [0.05, 0.1) is 13.3 Å². The lowest BCUT2D eigenvalue weighted by atomic mass is 9.93. The molecule has 132 valence electrons. The molecule has 0 aromatic heterocycles. The zero-order valence-corrected chi connectivity index (χ0v) is 14.9. The van der Waals surface area contributed by atoms with Crippen LogP contribution in [-0.2, 0) is 0 Å². The van der Waals surface area contributed by atoms with Gasteiger partial charge in [0.2, 0.25) is 0 Å². The first-order chi connectivity index (χ1) is 11.8. The van der Waals surface area contributed by atoms with Crippen molar-refractivity contribution >= 4 is 5.69 Å². The number of methoxy groups -OCH3 is 1. The summed E-state index contributed by atoms with van der Waals surface area (Å²) in [7, 11) is 1.73. The normalized spacial score (nSPS) is 26.3. The Bertz CT molecular complexity index is 522. The van der Waals surface area contributed by atoms with Crippen LogP contribution in [0.3, 0.4) is 0 Å². The third kappa shape index (κ3) is 3.55. The van der Waals surface area contributed by atoms with Crippen molar-refractivity contribution in [1.29, 1.82) is 0 Å². The van der Waals surface area contributed by atoms with Crippen LogP contribution in [0.4, 0.5) is 5.69 Å². The second kappa shape index (κ2) is 7.32. The Hall–Kier alpha value is -1.26. The zero-order chi connectivity index (χ0) is 16.4. The van der Waals surface area contributed by atoms with E-state index in [9.17, 15) is 0 Å². The topological polar surface area (TPSA) is 27.7 Å². The number of rotatable bonds is 5. The fourth-order valence-corrected chi connectivity index (χ4v) is 4.47. The van der Waals surface area contributed by atoms with Gasteiger partial charge in [-0.2, -0.15) is 0 Å². The van der Waals surface area contributed by atoms with Crippen molar-refractivity contribution < 1.29 is 4.74 Å². The van der Waals surface area contributed by atoms with Crippen LogP contribution in [0.2, 0.25) is 0 Å². The molecule has 3 aliphatic rings. The van der Waals surface area contributed by atoms with E-state index in [0.29, 0.717) is 12.2 Å². The van der Waals surface area contributed by atoms with E-state index in [1.807, 2.05) is 0 Å². The Labute approximate surface area is 146 Å². The monoisotopic (exact) mass is 329 g/mol. The van der Waals surface area contributed by atoms with Crippen LogP contribution in [0.5, 0.6) is 5.75 Å². The average Bonchev–Trinajstić information content (AvgIpc) is 3.49. The second-order valence-corrected chi connectivity index (χ2v) is 7.59. The predicted molar refractivity (Wildman–Crippen MR) is 98.7 cm³/mol. The summed E-state index contributed by atoms with van der Waals surface area (Å²) in [6, 6.07) is 10.2. The molecule has 1 aliphatic heterocycles. The first-order valence-corrected chi connectivity index (χ1v) is 9.75. The summed E-state index contributed by atoms with van der Waals surface area (Å²) >= 11 is 0. The third-order valence-electron chi connectivity index (χ3n) is 5.92. The Kier molecular flexibility index (Phi) is 4.95. The summed E-state index contributed by atoms with van der Waals surface area (Å²) in [6.45, 7) is 3.48. The minimum Gasteiger partial charge on any atom is -0.497 e. The van der Waals surface area contributed by atoms with Crippen LogP contribution in [0.25, 0.3) is 0 Å². The Balaban J connectivity index is 1.48. The molecule has 4 nitrogen and oxygen atoms in total. The van der Waals surface area contributed by atoms with E-state index >= 15 is 0 Å². The van der Waals surface area contributed by atoms with Crippen LogP contribution >= 0.6 is 0 Å². The van der Waals surface area contributed by atoms with Gasteiger partial charge in [-0.05, 0) is 49.9 Å². The number of piperazine rings is 1. The van der Waals surface area contributed by atoms with Crippen molar-refractivity contribution in [3.8, 4) is 5.75 Å². The molecule has 4 heteroatoms. The van der Waals surface area contributed by atoms with E-state index in [2.05, 4.69) is 39.4 Å². The summed E-state index contributed by atoms with van der Waals surface area (Å²) in [5.74, 6) is 0.940. The summed E-state index contributed by atoms with van der Waals surface area (Å²) in [6.07, 6.45) is 10.2. The Morgan fingerprint density at radius 2 is 1.79 bits per heavy atom. The molecule has 24 heavy (non-hydrogen) atoms. The van der Waals surface area contributed by atoms with Gasteiger partial charge in [0.1, 0.15) is 5.75 Å². The van der Waals surface area contributed by atoms with Crippen LogP contribution < -0.4 is 15.0 Å². The molecule has 0 amide bonds. The lowest BCUT2D eigenvalue weighted by Crippen LogP contribution is -2.61. The van der Waals surface area contributed by atoms with E-state index in [4.69, 9.17) is 4.74 Å². The number of anilines is 1. The van der Waals surface area contributed by atoms with Gasteiger partial charge in [0.15, 0.2) is 0 Å². The van der Waals surface area contributed by atoms with Crippen LogP contribution in [0, 0.1) is 0 Å². The molecule has 0 bridgehead atoms. The largest absolute Gasteiger partial charge is 0.497 e. The first kappa shape index (κ1) is 16.2. The number of nitrogens with zero attached hydrogens (tertiary/aromatic N) is 2. The van der Waals surface area contributed by atoms with Gasteiger partial charge in [-0.1, -0.05) is 19.3 Å². The quantitative estimate of drug-likeness (QED) is 0.897. The minimum absolute atomic E-state index is 0.446. The number of hydrogen-bond acceptors (Lipinski definition) is 4. The Morgan fingerprint density at radius 3 is 2.46 bits per heavy atom. The molecule has 1 saturated heterocycles. The van der Waals surface area contributed by atoms with Crippen LogP contribution in [0.1, 0.15) is 44.9 Å². The highest BCUT2D eigenvalue weighted by atomic mass is 16.5. The number of ether oxygens (including phenoxy) is 1. The molecule has 1 unspecified atom stereocenters. The highest BCUT2D eigenvalue weighted by Gasteiger charge is 2.37. The SMILES string of the molecule is COc1ccc(N(C2CC2)C2CN(C3CCCCC3)CCN2)cc1. The average molecular weight is 329 g/mol. The van der Waals surface area contributed by atoms with Gasteiger partial charge in [0, 0.05) is 37.4 Å². The van der Waals surface area contributed by atoms with Crippen molar-refractivity contribution in [2.24, 2.45) is 0 Å². The molecule has 0 radical (unpaired) electrons. The van der Waals surface area contributed by atoms with Gasteiger partial charge >= 0.3 is 0 Å². The third-order valence-corrected chi connectivity index (χ3v) is 5.92. The molecule has 1 atom stereocenters. The molecule has 1 heterocycles. The predicted octanol–water partition coefficient (Wildman–Crippen LogP) is 3.23. The Morgan fingerprint density at radius 1 is 1.04 bits per heavy atom. The number of hydrogen-bond donors (Lipinski definition) is 1. The fourth-order valence-electron chi connectivity index (χ4n) is 4.47. The highest BCUT2D eigenvalue weighted by molar-refractivity contribution is 5.52. The van der Waals surface area contributed by atoms with E-state index in [0.717, 1.165) is 24.9 Å². The molecule has 1 N–H and O–H groups in total. The van der Waals surface area contributed by atoms with E-state index < -0.39 is 0 Å². The van der Waals surface area contributed by atoms with Crippen molar-refractivity contribution in [3.63, 3.8) is 0 Å². The molecule has 4 rings (SSSR count). The summed E-state index contributed by atoms with van der Waals surface area (Å²) in [4.78, 5) is 5.40. The molecule has 1 aromatic carbocycles. The lowest BCUT2D eigenvalue weighted by Gasteiger charge is -2.45. The molecule has 2 aliphatic carbocycles. The smallest absolute Gasteiger partial charge is 0.119 e. The van der Waals surface area contributed by atoms with E-state index in [1.54, 1.807) is 7.11 Å². The number of benzene rings is 1. The van der Waals surface area contributed by atoms with Gasteiger partial charge < -0.3 is 9.64 Å². The maximum Gasteiger partial charge on any atom is 0.119 e. The number of nitrogens with one attached hydrogen (secondary N) is 1. The van der Waals surface area contributed by atoms with Crippen LogP contribution in [0.15, 0.2) is 24.3 Å². The summed E-state index contributed by atoms with van der Waals surface area (Å²) in [5.41, 5.74) is 1.33. The van der Waals surface area contributed by atoms with E-state index in [1.165, 1.54) is 57.2 Å². The van der Waals surface area contributed by atoms with Gasteiger partial charge in [-0.3, -0.25) is 10.2 Å². The van der Waals surface area contributed by atoms with Gasteiger partial charge in [-0.25, -0.2) is 0 Å². The molecule has 0 spiro atoms. The first-order valence-electron chi connectivity index (χ1n) is 9.75. The van der Waals surface area contributed by atoms with Crippen molar-refractivity contribution in [2.75, 3.05) is 31.6 Å². The maximum atomic E-state index is 5.32. The zero-order valence-electron chi connectivity index (χ0n) is 14.9. The van der Waals surface area contributed by atoms with Gasteiger partial charge in [0.25, 0.3) is 0 Å². The molecule has 3 fully saturated rings. The molecular formula is C20H31N3O. The summed E-state index contributed by atoms with van der Waals surface area (Å²) in [5, 5.41) is 3.79. The molecular weight excluding hydrogens is 298 g/mol. The van der Waals surface area contributed by atoms with Crippen LogP contribution in [-0.4, -0.2) is 49.9 Å². The van der Waals surface area contributed by atoms with Crippen molar-refractivity contribution in [2.45, 2.75) is 63.2 Å². The van der Waals surface area contributed by atoms with Gasteiger partial charge in [-0.15, -0.1) is 0 Å². The molecule has 1 aromatic rings. The van der Waals surface area contributed by atoms with Crippen molar-refractivity contribution in [1.82, 2.24) is 10.2 Å². The minimum atomic E-state index is 0.446.